The Bertz CT molecular complexity index is 584. The Morgan fingerprint density at radius 1 is 0.947 bits per heavy atom. The Labute approximate surface area is 114 Å². The smallest absolute Gasteiger partial charge is 0.309 e. The topological polar surface area (TPSA) is 63.6 Å². The number of aromatic nitrogens is 4. The molecule has 0 radical (unpaired) electrons. The Hall–Kier alpha value is -1.67. The summed E-state index contributed by atoms with van der Waals surface area (Å²) in [6.45, 7) is 0. The first kappa shape index (κ1) is 13.8. The van der Waals surface area contributed by atoms with E-state index < -0.39 is 11.9 Å². The first-order chi connectivity index (χ1) is 8.84. The zero-order valence-electron chi connectivity index (χ0n) is 8.91. The van der Waals surface area contributed by atoms with Crippen molar-refractivity contribution in [3.63, 3.8) is 0 Å². The minimum Gasteiger partial charge on any atom is -0.309 e. The standard InChI is InChI=1S/C9H4Cl2F3N5/c10-6-17-7(11)19-8(18-6)16-5-3-1-2-4(15-5)9(12,13)14/h1-3H,(H,15,16,17,18,19). The predicted octanol–water partition coefficient (Wildman–Crippen LogP) is 3.34. The molecule has 19 heavy (non-hydrogen) atoms. The molecule has 5 nitrogen and oxygen atoms in total. The van der Waals surface area contributed by atoms with Crippen LogP contribution >= 0.6 is 23.2 Å². The summed E-state index contributed by atoms with van der Waals surface area (Å²) in [5.41, 5.74) is -1.04. The maximum absolute atomic E-state index is 12.5. The van der Waals surface area contributed by atoms with Crippen molar-refractivity contribution in [3.05, 3.63) is 34.5 Å². The summed E-state index contributed by atoms with van der Waals surface area (Å²) >= 11 is 11.1. The number of anilines is 2. The van der Waals surface area contributed by atoms with Crippen LogP contribution in [0.3, 0.4) is 0 Å². The van der Waals surface area contributed by atoms with Gasteiger partial charge in [-0.25, -0.2) is 4.98 Å². The van der Waals surface area contributed by atoms with Crippen LogP contribution in [0, 0.1) is 0 Å². The number of nitrogens with one attached hydrogen (secondary N) is 1. The van der Waals surface area contributed by atoms with Gasteiger partial charge in [-0.2, -0.15) is 28.1 Å². The molecule has 0 aliphatic rings. The SMILES string of the molecule is FC(F)(F)c1cccc(Nc2nc(Cl)nc(Cl)n2)n1. The number of hydrogen-bond acceptors (Lipinski definition) is 5. The van der Waals surface area contributed by atoms with Gasteiger partial charge in [0.15, 0.2) is 0 Å². The molecule has 0 aromatic carbocycles. The highest BCUT2D eigenvalue weighted by atomic mass is 35.5. The van der Waals surface area contributed by atoms with E-state index in [1.54, 1.807) is 0 Å². The van der Waals surface area contributed by atoms with Crippen molar-refractivity contribution in [2.24, 2.45) is 0 Å². The van der Waals surface area contributed by atoms with Crippen LogP contribution in [0.4, 0.5) is 24.9 Å². The van der Waals surface area contributed by atoms with E-state index in [4.69, 9.17) is 23.2 Å². The van der Waals surface area contributed by atoms with E-state index in [-0.39, 0.29) is 22.3 Å². The van der Waals surface area contributed by atoms with Gasteiger partial charge >= 0.3 is 6.18 Å². The quantitative estimate of drug-likeness (QED) is 0.921. The first-order valence-corrected chi connectivity index (χ1v) is 5.48. The van der Waals surface area contributed by atoms with Gasteiger partial charge in [0.1, 0.15) is 11.5 Å². The summed E-state index contributed by atoms with van der Waals surface area (Å²) in [6.07, 6.45) is -4.54. The van der Waals surface area contributed by atoms with E-state index in [1.807, 2.05) is 0 Å². The van der Waals surface area contributed by atoms with Crippen LogP contribution in [0.15, 0.2) is 18.2 Å². The van der Waals surface area contributed by atoms with Crippen molar-refractivity contribution in [1.29, 1.82) is 0 Å². The average Bonchev–Trinajstić information content (AvgIpc) is 2.26. The van der Waals surface area contributed by atoms with E-state index >= 15 is 0 Å². The van der Waals surface area contributed by atoms with E-state index in [9.17, 15) is 13.2 Å². The zero-order valence-corrected chi connectivity index (χ0v) is 10.4. The maximum atomic E-state index is 12.5. The van der Waals surface area contributed by atoms with Crippen LogP contribution in [0.25, 0.3) is 0 Å². The number of alkyl halides is 3. The number of pyridine rings is 1. The molecule has 1 N–H and O–H groups in total. The van der Waals surface area contributed by atoms with Gasteiger partial charge in [0.2, 0.25) is 16.5 Å². The number of halogens is 5. The highest BCUT2D eigenvalue weighted by Gasteiger charge is 2.32. The molecule has 0 bridgehead atoms. The summed E-state index contributed by atoms with van der Waals surface area (Å²) in [7, 11) is 0. The van der Waals surface area contributed by atoms with Crippen molar-refractivity contribution in [2.75, 3.05) is 5.32 Å². The largest absolute Gasteiger partial charge is 0.433 e. The van der Waals surface area contributed by atoms with Crippen molar-refractivity contribution in [1.82, 2.24) is 19.9 Å². The molecule has 2 heterocycles. The third kappa shape index (κ3) is 3.65. The summed E-state index contributed by atoms with van der Waals surface area (Å²) < 4.78 is 37.4. The van der Waals surface area contributed by atoms with Crippen molar-refractivity contribution in [3.8, 4) is 0 Å². The number of hydrogen-bond donors (Lipinski definition) is 1. The van der Waals surface area contributed by atoms with E-state index in [1.165, 1.54) is 12.1 Å². The second-order valence-electron chi connectivity index (χ2n) is 3.23. The van der Waals surface area contributed by atoms with Gasteiger partial charge in [-0.15, -0.1) is 0 Å². The van der Waals surface area contributed by atoms with Crippen molar-refractivity contribution in [2.45, 2.75) is 6.18 Å². The molecule has 0 atom stereocenters. The first-order valence-electron chi connectivity index (χ1n) is 4.73. The summed E-state index contributed by atoms with van der Waals surface area (Å²) in [4.78, 5) is 14.2. The second-order valence-corrected chi connectivity index (χ2v) is 3.90. The van der Waals surface area contributed by atoms with Gasteiger partial charge in [-0.1, -0.05) is 6.07 Å². The fourth-order valence-electron chi connectivity index (χ4n) is 1.16. The monoisotopic (exact) mass is 309 g/mol. The summed E-state index contributed by atoms with van der Waals surface area (Å²) in [6, 6.07) is 3.36. The lowest BCUT2D eigenvalue weighted by Crippen LogP contribution is -2.09. The lowest BCUT2D eigenvalue weighted by atomic mass is 10.3. The molecule has 0 saturated carbocycles. The molecule has 2 rings (SSSR count). The second kappa shape index (κ2) is 5.14. The molecule has 0 amide bonds. The van der Waals surface area contributed by atoms with Gasteiger partial charge in [0, 0.05) is 0 Å². The third-order valence-corrected chi connectivity index (χ3v) is 2.20. The maximum Gasteiger partial charge on any atom is 0.433 e. The summed E-state index contributed by atoms with van der Waals surface area (Å²) in [5, 5.41) is 2.08. The molecule has 0 aliphatic heterocycles. The van der Waals surface area contributed by atoms with Crippen LogP contribution in [0.5, 0.6) is 0 Å². The Morgan fingerprint density at radius 3 is 2.16 bits per heavy atom. The highest BCUT2D eigenvalue weighted by Crippen LogP contribution is 2.28. The zero-order chi connectivity index (χ0) is 14.0. The van der Waals surface area contributed by atoms with E-state index in [0.717, 1.165) is 6.07 Å². The Morgan fingerprint density at radius 2 is 1.58 bits per heavy atom. The molecular formula is C9H4Cl2F3N5. The molecule has 2 aromatic heterocycles. The molecule has 0 fully saturated rings. The average molecular weight is 310 g/mol. The molecule has 100 valence electrons. The number of nitrogens with zero attached hydrogens (tertiary/aromatic N) is 4. The molecule has 0 saturated heterocycles. The lowest BCUT2D eigenvalue weighted by molar-refractivity contribution is -0.141. The molecule has 0 aliphatic carbocycles. The summed E-state index contributed by atoms with van der Waals surface area (Å²) in [5.74, 6) is -0.190. The third-order valence-electron chi connectivity index (χ3n) is 1.86. The van der Waals surface area contributed by atoms with Gasteiger partial charge < -0.3 is 5.32 Å². The minimum atomic E-state index is -4.54. The fraction of sp³-hybridized carbons (Fsp3) is 0.111. The van der Waals surface area contributed by atoms with E-state index in [0.29, 0.717) is 0 Å². The highest BCUT2D eigenvalue weighted by molar-refractivity contribution is 6.31. The van der Waals surface area contributed by atoms with Crippen LogP contribution in [0.1, 0.15) is 5.69 Å². The molecule has 0 unspecified atom stereocenters. The molecule has 2 aromatic rings. The Balaban J connectivity index is 2.28. The van der Waals surface area contributed by atoms with Crippen molar-refractivity contribution < 1.29 is 13.2 Å². The molecule has 0 spiro atoms. The van der Waals surface area contributed by atoms with Gasteiger partial charge in [0.25, 0.3) is 0 Å². The molecule has 10 heteroatoms. The minimum absolute atomic E-state index is 0.0897. The van der Waals surface area contributed by atoms with Crippen LogP contribution in [0.2, 0.25) is 10.6 Å². The molecular weight excluding hydrogens is 306 g/mol. The fourth-order valence-corrected chi connectivity index (χ4v) is 1.52. The van der Waals surface area contributed by atoms with Crippen LogP contribution < -0.4 is 5.32 Å². The van der Waals surface area contributed by atoms with Crippen LogP contribution in [-0.2, 0) is 6.18 Å². The van der Waals surface area contributed by atoms with Crippen molar-refractivity contribution >= 4 is 35.0 Å². The number of rotatable bonds is 2. The lowest BCUT2D eigenvalue weighted by Gasteiger charge is -2.08. The van der Waals surface area contributed by atoms with Gasteiger partial charge in [0.05, 0.1) is 0 Å². The van der Waals surface area contributed by atoms with Gasteiger partial charge in [-0.05, 0) is 35.3 Å². The Kier molecular flexibility index (Phi) is 3.72. The van der Waals surface area contributed by atoms with Gasteiger partial charge in [-0.3, -0.25) is 0 Å². The van der Waals surface area contributed by atoms with Crippen LogP contribution in [-0.4, -0.2) is 19.9 Å². The van der Waals surface area contributed by atoms with E-state index in [2.05, 4.69) is 25.3 Å². The predicted molar refractivity (Wildman–Crippen MR) is 62.4 cm³/mol. The normalized spacial score (nSPS) is 11.4.